The lowest BCUT2D eigenvalue weighted by Crippen LogP contribution is -2.14. The van der Waals surface area contributed by atoms with Crippen LogP contribution in [0.5, 0.6) is 11.5 Å². The normalized spacial score (nSPS) is 11.7. The van der Waals surface area contributed by atoms with Crippen molar-refractivity contribution >= 4 is 17.0 Å². The van der Waals surface area contributed by atoms with E-state index in [1.807, 2.05) is 31.2 Å². The Bertz CT molecular complexity index is 1660. The molecular weight excluding hydrogens is 481 g/mol. The summed E-state index contributed by atoms with van der Waals surface area (Å²) in [6.45, 7) is 6.77. The molecule has 0 aliphatic heterocycles. The molecule has 8 heteroatoms. The highest BCUT2D eigenvalue weighted by molar-refractivity contribution is 6.03. The van der Waals surface area contributed by atoms with Crippen molar-refractivity contribution in [2.45, 2.75) is 33.7 Å². The second-order valence-electron chi connectivity index (χ2n) is 9.14. The van der Waals surface area contributed by atoms with E-state index < -0.39 is 5.82 Å². The Morgan fingerprint density at radius 3 is 2.50 bits per heavy atom. The average molecular weight is 510 g/mol. The van der Waals surface area contributed by atoms with Crippen LogP contribution in [0.4, 0.5) is 4.39 Å². The highest BCUT2D eigenvalue weighted by Gasteiger charge is 2.15. The number of rotatable bonds is 7. The van der Waals surface area contributed by atoms with Crippen LogP contribution in [-0.2, 0) is 13.0 Å². The molecule has 0 saturated carbocycles. The molecule has 3 N–H and O–H groups in total. The number of aryl methyl sites for hydroxylation is 3. The van der Waals surface area contributed by atoms with Gasteiger partial charge in [-0.25, -0.2) is 14.4 Å². The van der Waals surface area contributed by atoms with E-state index in [2.05, 4.69) is 29.6 Å². The molecule has 0 amide bonds. The standard InChI is InChI=1S/C30H28FN5O2/c1-4-27-34-28-18(2)15-19(3)33-30(28)36(27)17-20-9-11-21(12-10-20)24-16-22(13-14-23(24)29(32)35-37)38-26-8-6-5-7-25(26)31/h5-16,37H,4,17H2,1-3H3,(H2,32,35). The van der Waals surface area contributed by atoms with Gasteiger partial charge in [0, 0.05) is 17.7 Å². The molecule has 2 aromatic heterocycles. The minimum Gasteiger partial charge on any atom is -0.454 e. The zero-order chi connectivity index (χ0) is 26.8. The monoisotopic (exact) mass is 509 g/mol. The predicted molar refractivity (Wildman–Crippen MR) is 146 cm³/mol. The molecule has 7 nitrogen and oxygen atoms in total. The summed E-state index contributed by atoms with van der Waals surface area (Å²) in [6.07, 6.45) is 0.796. The molecular formula is C30H28FN5O2. The van der Waals surface area contributed by atoms with Crippen molar-refractivity contribution in [3.63, 3.8) is 0 Å². The minimum absolute atomic E-state index is 0.0317. The first-order chi connectivity index (χ1) is 18.4. The molecule has 0 bridgehead atoms. The number of para-hydroxylation sites is 1. The number of imidazole rings is 1. The van der Waals surface area contributed by atoms with Crippen molar-refractivity contribution in [3.8, 4) is 22.6 Å². The molecule has 0 radical (unpaired) electrons. The van der Waals surface area contributed by atoms with Crippen molar-refractivity contribution in [1.29, 1.82) is 0 Å². The summed E-state index contributed by atoms with van der Waals surface area (Å²) in [7, 11) is 0. The lowest BCUT2D eigenvalue weighted by Gasteiger charge is -2.14. The van der Waals surface area contributed by atoms with E-state index >= 15 is 0 Å². The molecule has 5 aromatic rings. The van der Waals surface area contributed by atoms with Crippen molar-refractivity contribution in [3.05, 3.63) is 107 Å². The maximum atomic E-state index is 14.1. The molecule has 0 atom stereocenters. The van der Waals surface area contributed by atoms with Gasteiger partial charge < -0.3 is 20.2 Å². The highest BCUT2D eigenvalue weighted by Crippen LogP contribution is 2.32. The molecule has 0 aliphatic rings. The van der Waals surface area contributed by atoms with E-state index in [0.29, 0.717) is 23.4 Å². The Morgan fingerprint density at radius 1 is 1.03 bits per heavy atom. The van der Waals surface area contributed by atoms with Crippen LogP contribution >= 0.6 is 0 Å². The van der Waals surface area contributed by atoms with Gasteiger partial charge in [-0.1, -0.05) is 48.5 Å². The average Bonchev–Trinajstić information content (AvgIpc) is 3.27. The van der Waals surface area contributed by atoms with Gasteiger partial charge in [-0.2, -0.15) is 0 Å². The summed E-state index contributed by atoms with van der Waals surface area (Å²) in [5, 5.41) is 12.5. The maximum absolute atomic E-state index is 14.1. The van der Waals surface area contributed by atoms with Crippen molar-refractivity contribution in [2.24, 2.45) is 10.9 Å². The fourth-order valence-corrected chi connectivity index (χ4v) is 4.61. The molecule has 0 fully saturated rings. The number of hydrogen-bond donors (Lipinski definition) is 2. The molecule has 2 heterocycles. The Balaban J connectivity index is 1.50. The number of ether oxygens (including phenoxy) is 1. The van der Waals surface area contributed by atoms with Crippen LogP contribution in [-0.4, -0.2) is 25.6 Å². The minimum atomic E-state index is -0.461. The number of nitrogens with two attached hydrogens (primary N) is 1. The molecule has 0 spiro atoms. The Morgan fingerprint density at radius 2 is 1.79 bits per heavy atom. The van der Waals surface area contributed by atoms with Crippen LogP contribution in [0.2, 0.25) is 0 Å². The summed E-state index contributed by atoms with van der Waals surface area (Å²) in [5.74, 6) is 1.03. The van der Waals surface area contributed by atoms with Gasteiger partial charge in [-0.15, -0.1) is 0 Å². The van der Waals surface area contributed by atoms with Gasteiger partial charge in [-0.05, 0) is 72.5 Å². The largest absolute Gasteiger partial charge is 0.454 e. The maximum Gasteiger partial charge on any atom is 0.170 e. The number of benzene rings is 3. The van der Waals surface area contributed by atoms with E-state index in [9.17, 15) is 9.60 Å². The number of pyridine rings is 1. The third-order valence-corrected chi connectivity index (χ3v) is 6.46. The number of hydrogen-bond acceptors (Lipinski definition) is 5. The van der Waals surface area contributed by atoms with Gasteiger partial charge in [-0.3, -0.25) is 0 Å². The quantitative estimate of drug-likeness (QED) is 0.115. The van der Waals surface area contributed by atoms with Crippen LogP contribution < -0.4 is 10.5 Å². The Labute approximate surface area is 220 Å². The van der Waals surface area contributed by atoms with E-state index in [1.54, 1.807) is 36.4 Å². The number of halogens is 1. The molecule has 3 aromatic carbocycles. The first kappa shape index (κ1) is 25.0. The molecule has 5 rings (SSSR count). The zero-order valence-corrected chi connectivity index (χ0v) is 21.4. The molecule has 0 unspecified atom stereocenters. The number of amidine groups is 1. The number of fused-ring (bicyclic) bond motifs is 1. The Hall–Kier alpha value is -4.72. The summed E-state index contributed by atoms with van der Waals surface area (Å²) >= 11 is 0. The lowest BCUT2D eigenvalue weighted by atomic mass is 9.97. The fraction of sp³-hybridized carbons (Fsp3) is 0.167. The topological polar surface area (TPSA) is 98.5 Å². The zero-order valence-electron chi connectivity index (χ0n) is 21.4. The highest BCUT2D eigenvalue weighted by atomic mass is 19.1. The van der Waals surface area contributed by atoms with Crippen LogP contribution in [0.25, 0.3) is 22.3 Å². The van der Waals surface area contributed by atoms with E-state index in [4.69, 9.17) is 20.4 Å². The SMILES string of the molecule is CCc1nc2c(C)cc(C)nc2n1Cc1ccc(-c2cc(Oc3ccccc3F)ccc2C(N)=NO)cc1. The van der Waals surface area contributed by atoms with Gasteiger partial charge in [0.25, 0.3) is 0 Å². The van der Waals surface area contributed by atoms with E-state index in [0.717, 1.165) is 45.8 Å². The van der Waals surface area contributed by atoms with E-state index in [1.165, 1.54) is 6.07 Å². The Kier molecular flexibility index (Phi) is 6.79. The number of oxime groups is 1. The van der Waals surface area contributed by atoms with Crippen molar-refractivity contribution < 1.29 is 14.3 Å². The fourth-order valence-electron chi connectivity index (χ4n) is 4.61. The number of nitrogens with zero attached hydrogens (tertiary/aromatic N) is 4. The lowest BCUT2D eigenvalue weighted by molar-refractivity contribution is 0.318. The van der Waals surface area contributed by atoms with E-state index in [-0.39, 0.29) is 11.6 Å². The van der Waals surface area contributed by atoms with Crippen LogP contribution in [0, 0.1) is 19.7 Å². The number of aromatic nitrogens is 3. The van der Waals surface area contributed by atoms with Crippen molar-refractivity contribution in [2.75, 3.05) is 0 Å². The summed E-state index contributed by atoms with van der Waals surface area (Å²) in [5.41, 5.74) is 13.0. The summed E-state index contributed by atoms with van der Waals surface area (Å²) in [6, 6.07) is 21.4. The molecule has 0 aliphatic carbocycles. The van der Waals surface area contributed by atoms with Gasteiger partial charge in [0.1, 0.15) is 17.1 Å². The van der Waals surface area contributed by atoms with Crippen molar-refractivity contribution in [1.82, 2.24) is 14.5 Å². The van der Waals surface area contributed by atoms with Crippen LogP contribution in [0.1, 0.15) is 35.1 Å². The smallest absolute Gasteiger partial charge is 0.170 e. The summed E-state index contributed by atoms with van der Waals surface area (Å²) < 4.78 is 22.1. The van der Waals surface area contributed by atoms with Crippen LogP contribution in [0.3, 0.4) is 0 Å². The van der Waals surface area contributed by atoms with Crippen LogP contribution in [0.15, 0.2) is 78.0 Å². The third kappa shape index (κ3) is 4.80. The van der Waals surface area contributed by atoms with Gasteiger partial charge in [0.15, 0.2) is 23.0 Å². The molecule has 38 heavy (non-hydrogen) atoms. The summed E-state index contributed by atoms with van der Waals surface area (Å²) in [4.78, 5) is 9.60. The molecule has 0 saturated heterocycles. The second kappa shape index (κ2) is 10.3. The van der Waals surface area contributed by atoms with Gasteiger partial charge in [0.05, 0.1) is 6.54 Å². The van der Waals surface area contributed by atoms with Gasteiger partial charge in [0.2, 0.25) is 0 Å². The third-order valence-electron chi connectivity index (χ3n) is 6.46. The second-order valence-corrected chi connectivity index (χ2v) is 9.14. The first-order valence-electron chi connectivity index (χ1n) is 12.3. The predicted octanol–water partition coefficient (Wildman–Crippen LogP) is 6.35. The van der Waals surface area contributed by atoms with Gasteiger partial charge >= 0.3 is 0 Å². The molecule has 192 valence electrons. The first-order valence-corrected chi connectivity index (χ1v) is 12.3.